The number of aliphatic hydroxyl groups is 2. The number of aromatic nitrogens is 3. The first kappa shape index (κ1) is 15.0. The second-order valence-corrected chi connectivity index (χ2v) is 5.58. The predicted molar refractivity (Wildman–Crippen MR) is 80.2 cm³/mol. The van der Waals surface area contributed by atoms with Crippen molar-refractivity contribution >= 4 is 28.6 Å². The summed E-state index contributed by atoms with van der Waals surface area (Å²) in [6.07, 6.45) is 3.48. The fraction of sp³-hybridized carbons (Fsp3) is 0.500. The Morgan fingerprint density at radius 2 is 2.15 bits per heavy atom. The Bertz CT molecular complexity index is 576. The molecule has 7 N–H and O–H groups in total. The van der Waals surface area contributed by atoms with Gasteiger partial charge in [-0.3, -0.25) is 0 Å². The fourth-order valence-electron chi connectivity index (χ4n) is 2.07. The van der Waals surface area contributed by atoms with Crippen molar-refractivity contribution in [3.8, 4) is 0 Å². The van der Waals surface area contributed by atoms with Gasteiger partial charge in [0.2, 0.25) is 0 Å². The van der Waals surface area contributed by atoms with Crippen LogP contribution in [0.5, 0.6) is 0 Å². The van der Waals surface area contributed by atoms with Gasteiger partial charge in [-0.15, -0.1) is 0 Å². The van der Waals surface area contributed by atoms with Gasteiger partial charge in [0.05, 0.1) is 23.8 Å². The lowest BCUT2D eigenvalue weighted by atomic mass is 9.98. The van der Waals surface area contributed by atoms with Crippen molar-refractivity contribution in [2.75, 3.05) is 17.7 Å². The van der Waals surface area contributed by atoms with Crippen LogP contribution >= 0.6 is 11.8 Å². The van der Waals surface area contributed by atoms with Crippen molar-refractivity contribution in [2.24, 2.45) is 5.73 Å². The first-order valence-electron chi connectivity index (χ1n) is 6.24. The number of fused-ring (bicyclic) bond motifs is 1. The third kappa shape index (κ3) is 2.88. The summed E-state index contributed by atoms with van der Waals surface area (Å²) >= 11 is 1.61. The van der Waals surface area contributed by atoms with E-state index in [1.54, 1.807) is 18.0 Å². The number of H-pyrrole nitrogens is 1. The second kappa shape index (κ2) is 6.40. The van der Waals surface area contributed by atoms with E-state index in [0.717, 1.165) is 5.75 Å². The first-order chi connectivity index (χ1) is 9.56. The number of aromatic amines is 1. The minimum Gasteiger partial charge on any atom is -0.390 e. The van der Waals surface area contributed by atoms with Crippen molar-refractivity contribution in [3.05, 3.63) is 18.1 Å². The molecule has 2 rings (SSSR count). The smallest absolute Gasteiger partial charge is 0.151 e. The van der Waals surface area contributed by atoms with E-state index < -0.39 is 18.2 Å². The minimum atomic E-state index is -1.06. The zero-order chi connectivity index (χ0) is 14.7. The molecule has 0 spiro atoms. The van der Waals surface area contributed by atoms with E-state index in [4.69, 9.17) is 11.5 Å². The topological polar surface area (TPSA) is 134 Å². The van der Waals surface area contributed by atoms with Gasteiger partial charge in [-0.05, 0) is 18.4 Å². The molecule has 0 fully saturated rings. The molecule has 7 nitrogen and oxygen atoms in total. The number of nitrogens with one attached hydrogen (secondary N) is 1. The first-order valence-corrected chi connectivity index (χ1v) is 7.63. The number of nitrogen functional groups attached to an aromatic ring is 1. The van der Waals surface area contributed by atoms with Crippen LogP contribution < -0.4 is 11.5 Å². The van der Waals surface area contributed by atoms with Gasteiger partial charge in [0.25, 0.3) is 0 Å². The molecule has 2 aromatic rings. The molecular weight excluding hydrogens is 278 g/mol. The maximum Gasteiger partial charge on any atom is 0.151 e. The van der Waals surface area contributed by atoms with Crippen LogP contribution in [0.3, 0.4) is 0 Å². The van der Waals surface area contributed by atoms with E-state index in [2.05, 4.69) is 15.0 Å². The number of rotatable bonds is 6. The number of aliphatic hydroxyl groups excluding tert-OH is 2. The average molecular weight is 297 g/mol. The van der Waals surface area contributed by atoms with Gasteiger partial charge in [0, 0.05) is 11.8 Å². The lowest BCUT2D eigenvalue weighted by Gasteiger charge is -2.23. The van der Waals surface area contributed by atoms with Gasteiger partial charge in [-0.1, -0.05) is 0 Å². The van der Waals surface area contributed by atoms with Crippen molar-refractivity contribution in [1.82, 2.24) is 15.0 Å². The predicted octanol–water partition coefficient (Wildman–Crippen LogP) is 0.0148. The number of hydrogen-bond donors (Lipinski definition) is 5. The van der Waals surface area contributed by atoms with E-state index in [1.165, 1.54) is 6.33 Å². The maximum absolute atomic E-state index is 10.1. The second-order valence-electron chi connectivity index (χ2n) is 4.59. The standard InChI is InChI=1S/C12H19N5O2S/c1-20-3-2-7(18)11(19)8(13)6-4-15-10-9(6)16-5-17-12(10)14/h4-5,7-8,11,15,18-19H,2-3,13H2,1H3,(H2,14,16,17). The molecule has 0 aliphatic heterocycles. The monoisotopic (exact) mass is 297 g/mol. The molecule has 20 heavy (non-hydrogen) atoms. The number of anilines is 1. The fourth-order valence-corrected chi connectivity index (χ4v) is 2.54. The SMILES string of the molecule is CSCCC(O)C(O)C(N)c1c[nH]c2c(N)ncnc12. The Balaban J connectivity index is 2.22. The summed E-state index contributed by atoms with van der Waals surface area (Å²) in [4.78, 5) is 11.0. The Kier molecular flexibility index (Phi) is 4.81. The Morgan fingerprint density at radius 1 is 1.40 bits per heavy atom. The van der Waals surface area contributed by atoms with Crippen LogP contribution in [-0.2, 0) is 0 Å². The largest absolute Gasteiger partial charge is 0.390 e. The number of hydrogen-bond acceptors (Lipinski definition) is 7. The summed E-state index contributed by atoms with van der Waals surface area (Å²) in [5.74, 6) is 1.08. The summed E-state index contributed by atoms with van der Waals surface area (Å²) in [7, 11) is 0. The quantitative estimate of drug-likeness (QED) is 0.507. The molecule has 2 aromatic heterocycles. The normalized spacial score (nSPS) is 16.2. The van der Waals surface area contributed by atoms with Crippen molar-refractivity contribution in [1.29, 1.82) is 0 Å². The van der Waals surface area contributed by atoms with Crippen LogP contribution in [0.2, 0.25) is 0 Å². The lowest BCUT2D eigenvalue weighted by Crippen LogP contribution is -2.37. The molecule has 8 heteroatoms. The van der Waals surface area contributed by atoms with Gasteiger partial charge in [-0.25, -0.2) is 9.97 Å². The van der Waals surface area contributed by atoms with E-state index in [-0.39, 0.29) is 0 Å². The van der Waals surface area contributed by atoms with E-state index in [0.29, 0.717) is 28.8 Å². The van der Waals surface area contributed by atoms with Crippen LogP contribution in [0.4, 0.5) is 5.82 Å². The zero-order valence-corrected chi connectivity index (χ0v) is 12.0. The molecule has 3 unspecified atom stereocenters. The van der Waals surface area contributed by atoms with Crippen molar-refractivity contribution in [3.63, 3.8) is 0 Å². The third-order valence-electron chi connectivity index (χ3n) is 3.26. The molecule has 0 amide bonds. The number of nitrogens with zero attached hydrogens (tertiary/aromatic N) is 2. The van der Waals surface area contributed by atoms with E-state index >= 15 is 0 Å². The summed E-state index contributed by atoms with van der Waals surface area (Å²) in [5.41, 5.74) is 13.5. The molecule has 0 bridgehead atoms. The highest BCUT2D eigenvalue weighted by Gasteiger charge is 2.27. The molecule has 3 atom stereocenters. The Morgan fingerprint density at radius 3 is 2.85 bits per heavy atom. The third-order valence-corrected chi connectivity index (χ3v) is 3.91. The van der Waals surface area contributed by atoms with E-state index in [9.17, 15) is 10.2 Å². The Labute approximate surface area is 120 Å². The summed E-state index contributed by atoms with van der Waals surface area (Å²) < 4.78 is 0. The van der Waals surface area contributed by atoms with Crippen LogP contribution in [-0.4, -0.2) is 49.4 Å². The highest BCUT2D eigenvalue weighted by Crippen LogP contribution is 2.26. The summed E-state index contributed by atoms with van der Waals surface area (Å²) in [6.45, 7) is 0. The highest BCUT2D eigenvalue weighted by atomic mass is 32.2. The minimum absolute atomic E-state index is 0.325. The number of nitrogens with two attached hydrogens (primary N) is 2. The van der Waals surface area contributed by atoms with Crippen molar-refractivity contribution in [2.45, 2.75) is 24.7 Å². The molecule has 110 valence electrons. The summed E-state index contributed by atoms with van der Waals surface area (Å²) in [5, 5.41) is 20.1. The van der Waals surface area contributed by atoms with Crippen LogP contribution in [0.25, 0.3) is 11.0 Å². The van der Waals surface area contributed by atoms with E-state index in [1.807, 2.05) is 6.26 Å². The zero-order valence-electron chi connectivity index (χ0n) is 11.2. The molecule has 0 saturated carbocycles. The maximum atomic E-state index is 10.1. The average Bonchev–Trinajstić information content (AvgIpc) is 2.88. The van der Waals surface area contributed by atoms with Gasteiger partial charge in [0.15, 0.2) is 5.82 Å². The van der Waals surface area contributed by atoms with Crippen LogP contribution in [0.15, 0.2) is 12.5 Å². The summed E-state index contributed by atoms with van der Waals surface area (Å²) in [6, 6.07) is -0.741. The molecule has 0 saturated heterocycles. The van der Waals surface area contributed by atoms with Crippen LogP contribution in [0, 0.1) is 0 Å². The highest BCUT2D eigenvalue weighted by molar-refractivity contribution is 7.98. The van der Waals surface area contributed by atoms with Gasteiger partial charge in [0.1, 0.15) is 11.8 Å². The number of thioether (sulfide) groups is 1. The Hall–Kier alpha value is -1.35. The van der Waals surface area contributed by atoms with Crippen LogP contribution in [0.1, 0.15) is 18.0 Å². The molecular formula is C12H19N5O2S. The molecule has 0 radical (unpaired) electrons. The van der Waals surface area contributed by atoms with Crippen molar-refractivity contribution < 1.29 is 10.2 Å². The molecule has 2 heterocycles. The van der Waals surface area contributed by atoms with Gasteiger partial charge >= 0.3 is 0 Å². The molecule has 0 aliphatic carbocycles. The lowest BCUT2D eigenvalue weighted by molar-refractivity contribution is 0.00277. The van der Waals surface area contributed by atoms with Gasteiger partial charge < -0.3 is 26.7 Å². The molecule has 0 aromatic carbocycles. The molecule has 0 aliphatic rings. The van der Waals surface area contributed by atoms with Gasteiger partial charge in [-0.2, -0.15) is 11.8 Å².